The van der Waals surface area contributed by atoms with E-state index in [4.69, 9.17) is 4.74 Å². The molecule has 7 nitrogen and oxygen atoms in total. The Hall–Kier alpha value is -2.61. The number of cyclic esters (lactones) is 1. The second kappa shape index (κ2) is 8.18. The quantitative estimate of drug-likeness (QED) is 0.759. The Bertz CT molecular complexity index is 786. The number of para-hydroxylation sites is 2. The molecule has 1 aromatic heterocycles. The predicted octanol–water partition coefficient (Wildman–Crippen LogP) is 3.47. The minimum absolute atomic E-state index is 0.295. The van der Waals surface area contributed by atoms with Gasteiger partial charge in [-0.05, 0) is 32.4 Å². The van der Waals surface area contributed by atoms with E-state index in [2.05, 4.69) is 22.5 Å². The molecule has 2 heterocycles. The van der Waals surface area contributed by atoms with E-state index in [9.17, 15) is 9.59 Å². The molecule has 0 aliphatic carbocycles. The smallest absolute Gasteiger partial charge is 0.414 e. The molecular weight excluding hydrogens is 352 g/mol. The molecule has 0 spiro atoms. The van der Waals surface area contributed by atoms with Crippen LogP contribution < -0.4 is 15.5 Å². The molecule has 26 heavy (non-hydrogen) atoms. The van der Waals surface area contributed by atoms with E-state index in [-0.39, 0.29) is 6.03 Å². The maximum Gasteiger partial charge on any atom is 0.414 e. The number of aryl methyl sites for hydroxylation is 3. The minimum atomic E-state index is -0.395. The molecule has 1 aliphatic rings. The number of rotatable bonds is 6. The third-order valence-corrected chi connectivity index (χ3v) is 5.26. The first kappa shape index (κ1) is 18.2. The zero-order valence-electron chi connectivity index (χ0n) is 14.9. The van der Waals surface area contributed by atoms with E-state index in [1.165, 1.54) is 9.78 Å². The van der Waals surface area contributed by atoms with Gasteiger partial charge in [-0.2, -0.15) is 0 Å². The van der Waals surface area contributed by atoms with Crippen molar-refractivity contribution in [2.24, 2.45) is 0 Å². The van der Waals surface area contributed by atoms with Gasteiger partial charge in [0.15, 0.2) is 0 Å². The summed E-state index contributed by atoms with van der Waals surface area (Å²) in [6.45, 7) is 5.46. The number of amides is 3. The number of hydrogen-bond acceptors (Lipinski definition) is 5. The van der Waals surface area contributed by atoms with Crippen LogP contribution in [0.5, 0.6) is 0 Å². The van der Waals surface area contributed by atoms with Gasteiger partial charge < -0.3 is 15.4 Å². The summed E-state index contributed by atoms with van der Waals surface area (Å²) in [5.41, 5.74) is 2.29. The van der Waals surface area contributed by atoms with Crippen LogP contribution in [0.4, 0.5) is 21.0 Å². The van der Waals surface area contributed by atoms with Crippen molar-refractivity contribution in [2.75, 3.05) is 29.9 Å². The van der Waals surface area contributed by atoms with Crippen molar-refractivity contribution < 1.29 is 14.3 Å². The Balaban J connectivity index is 1.50. The fourth-order valence-corrected chi connectivity index (χ4v) is 3.66. The number of nitrogens with zero attached hydrogens (tertiary/aromatic N) is 2. The lowest BCUT2D eigenvalue weighted by atomic mass is 10.2. The van der Waals surface area contributed by atoms with Crippen LogP contribution in [0, 0.1) is 13.8 Å². The summed E-state index contributed by atoms with van der Waals surface area (Å²) in [6, 6.07) is 6.89. The van der Waals surface area contributed by atoms with Crippen molar-refractivity contribution >= 4 is 34.8 Å². The number of aromatic nitrogens is 1. The standard InChI is InChI=1S/C18H22N4O3S/c1-12-13(2)26-16(20-12)8-5-9-19-17(23)21-14-6-3-4-7-15(14)22-10-11-25-18(22)24/h3-4,6-7H,5,8-11H2,1-2H3,(H2,19,21,23). The third kappa shape index (κ3) is 4.32. The average molecular weight is 374 g/mol. The summed E-state index contributed by atoms with van der Waals surface area (Å²) in [6.07, 6.45) is 1.27. The lowest BCUT2D eigenvalue weighted by molar-refractivity contribution is 0.181. The largest absolute Gasteiger partial charge is 0.447 e. The molecule has 2 N–H and O–H groups in total. The number of carbonyl (C=O) groups excluding carboxylic acids is 2. The monoisotopic (exact) mass is 374 g/mol. The average Bonchev–Trinajstić information content (AvgIpc) is 3.18. The Labute approximate surface area is 156 Å². The van der Waals surface area contributed by atoms with Crippen molar-refractivity contribution in [1.82, 2.24) is 10.3 Å². The van der Waals surface area contributed by atoms with Crippen LogP contribution in [0.3, 0.4) is 0 Å². The van der Waals surface area contributed by atoms with Gasteiger partial charge in [0.2, 0.25) is 0 Å². The second-order valence-electron chi connectivity index (χ2n) is 6.02. The molecule has 1 aliphatic heterocycles. The van der Waals surface area contributed by atoms with Crippen molar-refractivity contribution in [3.63, 3.8) is 0 Å². The van der Waals surface area contributed by atoms with Gasteiger partial charge in [-0.1, -0.05) is 12.1 Å². The summed E-state index contributed by atoms with van der Waals surface area (Å²) in [4.78, 5) is 31.2. The molecule has 3 amide bonds. The van der Waals surface area contributed by atoms with Gasteiger partial charge in [0, 0.05) is 17.8 Å². The Morgan fingerprint density at radius 1 is 1.35 bits per heavy atom. The van der Waals surface area contributed by atoms with E-state index in [1.54, 1.807) is 23.5 Å². The minimum Gasteiger partial charge on any atom is -0.447 e. The number of hydrogen-bond donors (Lipinski definition) is 2. The number of ether oxygens (including phenoxy) is 1. The molecule has 0 radical (unpaired) electrons. The van der Waals surface area contributed by atoms with Crippen molar-refractivity contribution in [2.45, 2.75) is 26.7 Å². The number of urea groups is 1. The van der Waals surface area contributed by atoms with Crippen molar-refractivity contribution in [3.05, 3.63) is 39.8 Å². The molecule has 0 atom stereocenters. The summed E-state index contributed by atoms with van der Waals surface area (Å²) >= 11 is 1.70. The third-order valence-electron chi connectivity index (χ3n) is 4.13. The van der Waals surface area contributed by atoms with Crippen LogP contribution >= 0.6 is 11.3 Å². The highest BCUT2D eigenvalue weighted by atomic mass is 32.1. The lowest BCUT2D eigenvalue weighted by Crippen LogP contribution is -2.31. The summed E-state index contributed by atoms with van der Waals surface area (Å²) in [7, 11) is 0. The molecule has 3 rings (SSSR count). The SMILES string of the molecule is Cc1nc(CCCNC(=O)Nc2ccccc2N2CCOC2=O)sc1C. The van der Waals surface area contributed by atoms with E-state index >= 15 is 0 Å². The summed E-state index contributed by atoms with van der Waals surface area (Å²) in [5.74, 6) is 0. The maximum absolute atomic E-state index is 12.2. The Morgan fingerprint density at radius 3 is 2.85 bits per heavy atom. The molecule has 2 aromatic rings. The van der Waals surface area contributed by atoms with E-state index < -0.39 is 6.09 Å². The molecular formula is C18H22N4O3S. The molecule has 0 saturated carbocycles. The highest BCUT2D eigenvalue weighted by Gasteiger charge is 2.25. The fraction of sp³-hybridized carbons (Fsp3) is 0.389. The van der Waals surface area contributed by atoms with Gasteiger partial charge in [0.05, 0.1) is 28.6 Å². The van der Waals surface area contributed by atoms with Crippen LogP contribution in [-0.4, -0.2) is 36.8 Å². The topological polar surface area (TPSA) is 83.6 Å². The van der Waals surface area contributed by atoms with Gasteiger partial charge in [0.25, 0.3) is 0 Å². The van der Waals surface area contributed by atoms with E-state index in [0.29, 0.717) is 31.1 Å². The molecule has 8 heteroatoms. The second-order valence-corrected chi connectivity index (χ2v) is 7.30. The van der Waals surface area contributed by atoms with Gasteiger partial charge in [-0.25, -0.2) is 14.6 Å². The first-order valence-corrected chi connectivity index (χ1v) is 9.37. The van der Waals surface area contributed by atoms with Crippen LogP contribution in [0.15, 0.2) is 24.3 Å². The highest BCUT2D eigenvalue weighted by molar-refractivity contribution is 7.11. The van der Waals surface area contributed by atoms with Crippen molar-refractivity contribution in [1.29, 1.82) is 0 Å². The van der Waals surface area contributed by atoms with Crippen LogP contribution in [0.1, 0.15) is 22.0 Å². The molecule has 0 unspecified atom stereocenters. The maximum atomic E-state index is 12.2. The van der Waals surface area contributed by atoms with Crippen LogP contribution in [0.2, 0.25) is 0 Å². The Kier molecular flexibility index (Phi) is 5.72. The first-order chi connectivity index (χ1) is 12.5. The van der Waals surface area contributed by atoms with E-state index in [0.717, 1.165) is 23.5 Å². The van der Waals surface area contributed by atoms with Gasteiger partial charge >= 0.3 is 12.1 Å². The van der Waals surface area contributed by atoms with Gasteiger partial charge in [0.1, 0.15) is 6.61 Å². The molecule has 1 aromatic carbocycles. The molecule has 0 bridgehead atoms. The number of benzene rings is 1. The van der Waals surface area contributed by atoms with Gasteiger partial charge in [-0.15, -0.1) is 11.3 Å². The number of carbonyl (C=O) groups is 2. The number of thiazole rings is 1. The normalized spacial score (nSPS) is 13.6. The fourth-order valence-electron chi connectivity index (χ4n) is 2.68. The molecule has 1 saturated heterocycles. The lowest BCUT2D eigenvalue weighted by Gasteiger charge is -2.17. The number of anilines is 2. The van der Waals surface area contributed by atoms with Crippen molar-refractivity contribution in [3.8, 4) is 0 Å². The number of nitrogens with one attached hydrogen (secondary N) is 2. The van der Waals surface area contributed by atoms with E-state index in [1.807, 2.05) is 19.1 Å². The zero-order chi connectivity index (χ0) is 18.5. The van der Waals surface area contributed by atoms with Gasteiger partial charge in [-0.3, -0.25) is 4.90 Å². The van der Waals surface area contributed by atoms with Crippen LogP contribution in [-0.2, 0) is 11.2 Å². The summed E-state index contributed by atoms with van der Waals surface area (Å²) < 4.78 is 4.97. The first-order valence-electron chi connectivity index (χ1n) is 8.55. The zero-order valence-corrected chi connectivity index (χ0v) is 15.7. The molecule has 1 fully saturated rings. The summed E-state index contributed by atoms with van der Waals surface area (Å²) in [5, 5.41) is 6.75. The van der Waals surface area contributed by atoms with Crippen LogP contribution in [0.25, 0.3) is 0 Å². The predicted molar refractivity (Wildman–Crippen MR) is 102 cm³/mol. The Morgan fingerprint density at radius 2 is 2.15 bits per heavy atom. The highest BCUT2D eigenvalue weighted by Crippen LogP contribution is 2.27. The molecule has 138 valence electrons.